The maximum atomic E-state index is 12.2. The topological polar surface area (TPSA) is 104 Å². The van der Waals surface area contributed by atoms with Gasteiger partial charge in [0, 0.05) is 36.8 Å². The lowest BCUT2D eigenvalue weighted by Crippen LogP contribution is -2.25. The second kappa shape index (κ2) is 8.86. The lowest BCUT2D eigenvalue weighted by molar-refractivity contribution is 0.0195. The Bertz CT molecular complexity index is 894. The zero-order chi connectivity index (χ0) is 19.1. The average Bonchev–Trinajstić information content (AvgIpc) is 3.16. The standard InChI is InChI=1S/C18H20N6O3/c1-3-24-8-7-20-16(24)12-27-23-18(25)15-11-19-10-14(22-15)13-5-6-17(21-9-13)26-4-2/h5-11H,3-4,12H2,1-2H3,(H,23,25). The van der Waals surface area contributed by atoms with Gasteiger partial charge in [-0.2, -0.15) is 0 Å². The summed E-state index contributed by atoms with van der Waals surface area (Å²) in [6.45, 7) is 5.36. The monoisotopic (exact) mass is 368 g/mol. The van der Waals surface area contributed by atoms with Crippen molar-refractivity contribution in [3.8, 4) is 17.1 Å². The van der Waals surface area contributed by atoms with E-state index < -0.39 is 5.91 Å². The molecule has 0 aromatic carbocycles. The van der Waals surface area contributed by atoms with Crippen LogP contribution in [0.5, 0.6) is 5.88 Å². The molecule has 1 amide bonds. The number of hydrogen-bond acceptors (Lipinski definition) is 7. The first kappa shape index (κ1) is 18.5. The van der Waals surface area contributed by atoms with Gasteiger partial charge >= 0.3 is 0 Å². The Morgan fingerprint density at radius 2 is 2.07 bits per heavy atom. The largest absolute Gasteiger partial charge is 0.478 e. The van der Waals surface area contributed by atoms with E-state index in [0.717, 1.165) is 17.9 Å². The van der Waals surface area contributed by atoms with Crippen LogP contribution >= 0.6 is 0 Å². The van der Waals surface area contributed by atoms with Gasteiger partial charge in [-0.1, -0.05) is 0 Å². The van der Waals surface area contributed by atoms with E-state index in [9.17, 15) is 4.79 Å². The van der Waals surface area contributed by atoms with Gasteiger partial charge in [0.1, 0.15) is 18.1 Å². The van der Waals surface area contributed by atoms with Crippen molar-refractivity contribution in [2.75, 3.05) is 6.61 Å². The highest BCUT2D eigenvalue weighted by Gasteiger charge is 2.11. The van der Waals surface area contributed by atoms with Gasteiger partial charge in [-0.15, -0.1) is 0 Å². The number of carbonyl (C=O) groups is 1. The zero-order valence-corrected chi connectivity index (χ0v) is 15.1. The van der Waals surface area contributed by atoms with Crippen molar-refractivity contribution in [1.29, 1.82) is 0 Å². The van der Waals surface area contributed by atoms with Crippen LogP contribution in [0, 0.1) is 0 Å². The van der Waals surface area contributed by atoms with Gasteiger partial charge in [0.05, 0.1) is 24.7 Å². The molecule has 0 aliphatic heterocycles. The maximum Gasteiger partial charge on any atom is 0.295 e. The minimum atomic E-state index is -0.488. The molecule has 3 aromatic heterocycles. The number of aromatic nitrogens is 5. The van der Waals surface area contributed by atoms with Crippen molar-refractivity contribution in [3.63, 3.8) is 0 Å². The maximum absolute atomic E-state index is 12.2. The third-order valence-corrected chi connectivity index (χ3v) is 3.70. The second-order valence-electron chi connectivity index (χ2n) is 5.46. The van der Waals surface area contributed by atoms with Crippen LogP contribution in [-0.2, 0) is 18.0 Å². The van der Waals surface area contributed by atoms with Gasteiger partial charge in [-0.05, 0) is 19.9 Å². The van der Waals surface area contributed by atoms with Crippen molar-refractivity contribution < 1.29 is 14.4 Å². The van der Waals surface area contributed by atoms with Crippen LogP contribution in [0.1, 0.15) is 30.2 Å². The van der Waals surface area contributed by atoms with Crippen LogP contribution in [0.25, 0.3) is 11.3 Å². The van der Waals surface area contributed by atoms with Crippen molar-refractivity contribution in [2.24, 2.45) is 0 Å². The van der Waals surface area contributed by atoms with Crippen LogP contribution in [0.3, 0.4) is 0 Å². The molecular weight excluding hydrogens is 348 g/mol. The molecule has 0 radical (unpaired) electrons. The fourth-order valence-corrected chi connectivity index (χ4v) is 2.37. The summed E-state index contributed by atoms with van der Waals surface area (Å²) in [5.41, 5.74) is 3.76. The van der Waals surface area contributed by atoms with E-state index in [4.69, 9.17) is 9.57 Å². The molecule has 1 N–H and O–H groups in total. The Labute approximate surface area is 156 Å². The third-order valence-electron chi connectivity index (χ3n) is 3.70. The summed E-state index contributed by atoms with van der Waals surface area (Å²) in [5.74, 6) is 0.762. The number of ether oxygens (including phenoxy) is 1. The number of carbonyl (C=O) groups excluding carboxylic acids is 1. The minimum absolute atomic E-state index is 0.139. The Morgan fingerprint density at radius 1 is 1.19 bits per heavy atom. The normalized spacial score (nSPS) is 10.6. The molecule has 9 nitrogen and oxygen atoms in total. The molecular formula is C18H20N6O3. The number of rotatable bonds is 8. The molecule has 27 heavy (non-hydrogen) atoms. The van der Waals surface area contributed by atoms with Crippen molar-refractivity contribution >= 4 is 5.91 Å². The summed E-state index contributed by atoms with van der Waals surface area (Å²) in [6.07, 6.45) is 8.09. The molecule has 3 heterocycles. The molecule has 0 atom stereocenters. The van der Waals surface area contributed by atoms with E-state index in [1.807, 2.05) is 30.7 Å². The molecule has 0 aliphatic carbocycles. The molecule has 0 spiro atoms. The first-order chi connectivity index (χ1) is 13.2. The fourth-order valence-electron chi connectivity index (χ4n) is 2.37. The number of nitrogens with one attached hydrogen (secondary N) is 1. The summed E-state index contributed by atoms with van der Waals surface area (Å²) >= 11 is 0. The van der Waals surface area contributed by atoms with E-state index in [1.165, 1.54) is 6.20 Å². The van der Waals surface area contributed by atoms with E-state index in [0.29, 0.717) is 18.2 Å². The summed E-state index contributed by atoms with van der Waals surface area (Å²) in [7, 11) is 0. The van der Waals surface area contributed by atoms with E-state index in [2.05, 4.69) is 25.4 Å². The Morgan fingerprint density at radius 3 is 2.81 bits per heavy atom. The highest BCUT2D eigenvalue weighted by molar-refractivity contribution is 5.91. The Balaban J connectivity index is 1.63. The van der Waals surface area contributed by atoms with Crippen LogP contribution in [0.2, 0.25) is 0 Å². The van der Waals surface area contributed by atoms with E-state index >= 15 is 0 Å². The van der Waals surface area contributed by atoms with Crippen LogP contribution in [0.4, 0.5) is 0 Å². The molecule has 0 saturated heterocycles. The van der Waals surface area contributed by atoms with Gasteiger partial charge in [-0.3, -0.25) is 14.6 Å². The number of hydroxylamine groups is 1. The number of imidazole rings is 1. The van der Waals surface area contributed by atoms with Gasteiger partial charge in [0.15, 0.2) is 0 Å². The summed E-state index contributed by atoms with van der Waals surface area (Å²) in [6, 6.07) is 3.55. The van der Waals surface area contributed by atoms with Gasteiger partial charge in [0.2, 0.25) is 5.88 Å². The van der Waals surface area contributed by atoms with Gasteiger partial charge in [-0.25, -0.2) is 20.4 Å². The lowest BCUT2D eigenvalue weighted by atomic mass is 10.2. The minimum Gasteiger partial charge on any atom is -0.478 e. The third kappa shape index (κ3) is 4.64. The van der Waals surface area contributed by atoms with Crippen LogP contribution in [0.15, 0.2) is 43.1 Å². The molecule has 0 fully saturated rings. The zero-order valence-electron chi connectivity index (χ0n) is 15.1. The Kier molecular flexibility index (Phi) is 6.06. The van der Waals surface area contributed by atoms with Crippen molar-refractivity contribution in [3.05, 3.63) is 54.6 Å². The van der Waals surface area contributed by atoms with Gasteiger partial charge in [0.25, 0.3) is 5.91 Å². The van der Waals surface area contributed by atoms with E-state index in [1.54, 1.807) is 24.7 Å². The number of nitrogens with zero attached hydrogens (tertiary/aromatic N) is 5. The summed E-state index contributed by atoms with van der Waals surface area (Å²) < 4.78 is 7.24. The lowest BCUT2D eigenvalue weighted by Gasteiger charge is -2.08. The molecule has 0 unspecified atom stereocenters. The number of pyridine rings is 1. The molecule has 9 heteroatoms. The SMILES string of the molecule is CCOc1ccc(-c2cncc(C(=O)NOCc3nccn3CC)n2)cn1. The molecule has 3 rings (SSSR count). The molecule has 140 valence electrons. The predicted octanol–water partition coefficient (Wildman–Crippen LogP) is 2.02. The number of amides is 1. The summed E-state index contributed by atoms with van der Waals surface area (Å²) in [5, 5.41) is 0. The highest BCUT2D eigenvalue weighted by atomic mass is 16.7. The predicted molar refractivity (Wildman–Crippen MR) is 96.6 cm³/mol. The number of hydrogen-bond donors (Lipinski definition) is 1. The van der Waals surface area contributed by atoms with Crippen molar-refractivity contribution in [2.45, 2.75) is 27.0 Å². The summed E-state index contributed by atoms with van der Waals surface area (Å²) in [4.78, 5) is 34.2. The Hall–Kier alpha value is -3.33. The van der Waals surface area contributed by atoms with E-state index in [-0.39, 0.29) is 12.3 Å². The average molecular weight is 368 g/mol. The quantitative estimate of drug-likeness (QED) is 0.607. The van der Waals surface area contributed by atoms with Crippen LogP contribution < -0.4 is 10.2 Å². The fraction of sp³-hybridized carbons (Fsp3) is 0.278. The van der Waals surface area contributed by atoms with Crippen molar-refractivity contribution in [1.82, 2.24) is 30.0 Å². The smallest absolute Gasteiger partial charge is 0.295 e. The molecule has 3 aromatic rings. The number of aryl methyl sites for hydroxylation is 1. The molecule has 0 bridgehead atoms. The van der Waals surface area contributed by atoms with Crippen LogP contribution in [-0.4, -0.2) is 37.0 Å². The van der Waals surface area contributed by atoms with Gasteiger partial charge < -0.3 is 9.30 Å². The molecule has 0 saturated carbocycles. The molecule has 0 aliphatic rings. The first-order valence-corrected chi connectivity index (χ1v) is 8.54. The first-order valence-electron chi connectivity index (χ1n) is 8.54. The second-order valence-corrected chi connectivity index (χ2v) is 5.46. The highest BCUT2D eigenvalue weighted by Crippen LogP contribution is 2.17.